The number of halogens is 1. The molecule has 1 N–H and O–H groups in total. The zero-order chi connectivity index (χ0) is 14.6. The Balaban J connectivity index is 2.45. The molecule has 0 aromatic rings. The first-order valence-corrected chi connectivity index (χ1v) is 9.22. The highest BCUT2D eigenvalue weighted by Crippen LogP contribution is 2.17. The van der Waals surface area contributed by atoms with Gasteiger partial charge in [-0.25, -0.2) is 12.7 Å². The Kier molecular flexibility index (Phi) is 6.26. The largest absolute Gasteiger partial charge is 0.352 e. The van der Waals surface area contributed by atoms with Gasteiger partial charge in [0.1, 0.15) is 0 Å². The van der Waals surface area contributed by atoms with Gasteiger partial charge in [0.15, 0.2) is 0 Å². The number of piperidine rings is 1. The molecule has 1 saturated heterocycles. The van der Waals surface area contributed by atoms with E-state index < -0.39 is 10.0 Å². The fourth-order valence-electron chi connectivity index (χ4n) is 2.04. The van der Waals surface area contributed by atoms with Gasteiger partial charge in [0, 0.05) is 19.1 Å². The van der Waals surface area contributed by atoms with Gasteiger partial charge in [-0.1, -0.05) is 29.8 Å². The molecule has 1 atom stereocenters. The van der Waals surface area contributed by atoms with Crippen molar-refractivity contribution in [1.29, 1.82) is 0 Å². The van der Waals surface area contributed by atoms with Gasteiger partial charge in [-0.2, -0.15) is 0 Å². The molecule has 1 aliphatic rings. The molecule has 1 unspecified atom stereocenters. The number of amides is 1. The predicted molar refractivity (Wildman–Crippen MR) is 79.8 cm³/mol. The molecule has 1 heterocycles. The van der Waals surface area contributed by atoms with Crippen LogP contribution in [0.15, 0.2) is 0 Å². The van der Waals surface area contributed by atoms with Gasteiger partial charge in [-0.15, -0.1) is 0 Å². The van der Waals surface area contributed by atoms with E-state index in [-0.39, 0.29) is 28.4 Å². The molecule has 5 nitrogen and oxygen atoms in total. The highest BCUT2D eigenvalue weighted by Gasteiger charge is 2.28. The molecule has 1 fully saturated rings. The molecule has 1 aliphatic heterocycles. The van der Waals surface area contributed by atoms with Crippen molar-refractivity contribution in [1.82, 2.24) is 9.62 Å². The van der Waals surface area contributed by atoms with Crippen molar-refractivity contribution in [2.45, 2.75) is 44.5 Å². The Hall–Kier alpha value is -0.140. The number of nitrogens with one attached hydrogen (secondary N) is 1. The molecule has 0 radical (unpaired) electrons. The van der Waals surface area contributed by atoms with E-state index in [0.29, 0.717) is 25.9 Å². The van der Waals surface area contributed by atoms with Crippen molar-refractivity contribution in [3.8, 4) is 0 Å². The van der Waals surface area contributed by atoms with Gasteiger partial charge >= 0.3 is 0 Å². The van der Waals surface area contributed by atoms with Crippen LogP contribution in [0, 0.1) is 5.92 Å². The topological polar surface area (TPSA) is 66.5 Å². The number of rotatable bonds is 5. The molecule has 112 valence electrons. The van der Waals surface area contributed by atoms with Gasteiger partial charge in [-0.05, 0) is 25.7 Å². The van der Waals surface area contributed by atoms with E-state index in [1.165, 1.54) is 4.31 Å². The predicted octanol–water partition coefficient (Wildman–Crippen LogP) is 1.34. The van der Waals surface area contributed by atoms with Crippen molar-refractivity contribution < 1.29 is 13.2 Å². The molecule has 0 bridgehead atoms. The number of carbonyl (C=O) groups is 1. The highest BCUT2D eigenvalue weighted by atomic mass is 79.9. The van der Waals surface area contributed by atoms with Crippen LogP contribution in [0.3, 0.4) is 0 Å². The molecule has 0 spiro atoms. The molecule has 1 amide bonds. The lowest BCUT2D eigenvalue weighted by atomic mass is 10.1. The smallest absolute Gasteiger partial charge is 0.234 e. The third kappa shape index (κ3) is 4.72. The van der Waals surface area contributed by atoms with Gasteiger partial charge in [0.2, 0.25) is 15.9 Å². The summed E-state index contributed by atoms with van der Waals surface area (Å²) < 4.78 is 24.9. The summed E-state index contributed by atoms with van der Waals surface area (Å²) in [4.78, 5) is 11.7. The van der Waals surface area contributed by atoms with E-state index in [0.717, 1.165) is 0 Å². The maximum atomic E-state index is 11.9. The number of alkyl halides is 1. The summed E-state index contributed by atoms with van der Waals surface area (Å²) in [7, 11) is -3.09. The average molecular weight is 355 g/mol. The monoisotopic (exact) mass is 354 g/mol. The minimum atomic E-state index is -3.09. The number of hydrogen-bond donors (Lipinski definition) is 1. The molecule has 7 heteroatoms. The van der Waals surface area contributed by atoms with E-state index in [2.05, 4.69) is 21.2 Å². The zero-order valence-corrected chi connectivity index (χ0v) is 14.1. The minimum Gasteiger partial charge on any atom is -0.352 e. The van der Waals surface area contributed by atoms with Crippen LogP contribution in [0.2, 0.25) is 0 Å². The van der Waals surface area contributed by atoms with E-state index in [1.807, 2.05) is 13.8 Å². The Morgan fingerprint density at radius 1 is 1.37 bits per heavy atom. The second-order valence-corrected chi connectivity index (χ2v) is 8.47. The fraction of sp³-hybridized carbons (Fsp3) is 0.917. The summed E-state index contributed by atoms with van der Waals surface area (Å²) in [6.45, 7) is 6.61. The minimum absolute atomic E-state index is 0.00759. The standard InChI is InChI=1S/C12H23BrN2O3S/c1-4-19(17,18)15-7-5-10(6-8-15)14-12(16)11(13)9(2)3/h9-11H,4-8H2,1-3H3,(H,14,16). The quantitative estimate of drug-likeness (QED) is 0.757. The Labute approximate surface area is 124 Å². The van der Waals surface area contributed by atoms with Crippen LogP contribution < -0.4 is 5.32 Å². The first-order valence-electron chi connectivity index (χ1n) is 6.70. The van der Waals surface area contributed by atoms with Crippen LogP contribution in [0.25, 0.3) is 0 Å². The fourth-order valence-corrected chi connectivity index (χ4v) is 3.31. The van der Waals surface area contributed by atoms with Crippen LogP contribution in [0.1, 0.15) is 33.6 Å². The van der Waals surface area contributed by atoms with Crippen LogP contribution in [0.4, 0.5) is 0 Å². The summed E-state index contributed by atoms with van der Waals surface area (Å²) in [5.41, 5.74) is 0. The van der Waals surface area contributed by atoms with Gasteiger partial charge in [0.05, 0.1) is 10.6 Å². The van der Waals surface area contributed by atoms with Crippen LogP contribution in [-0.4, -0.2) is 48.3 Å². The van der Waals surface area contributed by atoms with Crippen molar-refractivity contribution in [3.63, 3.8) is 0 Å². The molecular formula is C12H23BrN2O3S. The molecule has 0 aromatic heterocycles. The number of hydrogen-bond acceptors (Lipinski definition) is 3. The Morgan fingerprint density at radius 3 is 2.32 bits per heavy atom. The number of carbonyl (C=O) groups excluding carboxylic acids is 1. The molecule has 1 rings (SSSR count). The lowest BCUT2D eigenvalue weighted by molar-refractivity contribution is -0.122. The maximum absolute atomic E-state index is 11.9. The van der Waals surface area contributed by atoms with E-state index in [1.54, 1.807) is 6.92 Å². The van der Waals surface area contributed by atoms with Gasteiger partial charge in [0.25, 0.3) is 0 Å². The normalized spacial score (nSPS) is 20.5. The van der Waals surface area contributed by atoms with Crippen LogP contribution in [-0.2, 0) is 14.8 Å². The van der Waals surface area contributed by atoms with E-state index in [9.17, 15) is 13.2 Å². The second kappa shape index (κ2) is 7.04. The summed E-state index contributed by atoms with van der Waals surface area (Å²) in [6.07, 6.45) is 1.37. The highest BCUT2D eigenvalue weighted by molar-refractivity contribution is 9.10. The van der Waals surface area contributed by atoms with Crippen LogP contribution in [0.5, 0.6) is 0 Å². The zero-order valence-electron chi connectivity index (χ0n) is 11.7. The molecule has 0 aliphatic carbocycles. The third-order valence-electron chi connectivity index (χ3n) is 3.39. The Bertz CT molecular complexity index is 403. The van der Waals surface area contributed by atoms with Crippen LogP contribution >= 0.6 is 15.9 Å². The molecule has 0 aromatic carbocycles. The maximum Gasteiger partial charge on any atom is 0.234 e. The summed E-state index contributed by atoms with van der Waals surface area (Å²) >= 11 is 3.37. The molecule has 0 saturated carbocycles. The summed E-state index contributed by atoms with van der Waals surface area (Å²) in [5, 5.41) is 2.98. The second-order valence-electron chi connectivity index (χ2n) is 5.23. The SMILES string of the molecule is CCS(=O)(=O)N1CCC(NC(=O)C(Br)C(C)C)CC1. The van der Waals surface area contributed by atoms with Crippen molar-refractivity contribution in [2.24, 2.45) is 5.92 Å². The molecule has 19 heavy (non-hydrogen) atoms. The van der Waals surface area contributed by atoms with Gasteiger partial charge < -0.3 is 5.32 Å². The van der Waals surface area contributed by atoms with Crippen molar-refractivity contribution >= 4 is 31.9 Å². The number of nitrogens with zero attached hydrogens (tertiary/aromatic N) is 1. The van der Waals surface area contributed by atoms with E-state index in [4.69, 9.17) is 0 Å². The third-order valence-corrected chi connectivity index (χ3v) is 6.75. The lowest BCUT2D eigenvalue weighted by Crippen LogP contribution is -2.48. The van der Waals surface area contributed by atoms with Gasteiger partial charge in [-0.3, -0.25) is 4.79 Å². The average Bonchev–Trinajstić information content (AvgIpc) is 2.38. The lowest BCUT2D eigenvalue weighted by Gasteiger charge is -2.32. The summed E-state index contributed by atoms with van der Waals surface area (Å²) in [5.74, 6) is 0.369. The summed E-state index contributed by atoms with van der Waals surface area (Å²) in [6, 6.07) is 0.0783. The van der Waals surface area contributed by atoms with E-state index >= 15 is 0 Å². The van der Waals surface area contributed by atoms with Crippen molar-refractivity contribution in [3.05, 3.63) is 0 Å². The first kappa shape index (κ1) is 16.9. The molecular weight excluding hydrogens is 332 g/mol. The van der Waals surface area contributed by atoms with Crippen molar-refractivity contribution in [2.75, 3.05) is 18.8 Å². The first-order chi connectivity index (χ1) is 8.77. The Morgan fingerprint density at radius 2 is 1.89 bits per heavy atom. The number of sulfonamides is 1.